The molecule has 1 aliphatic heterocycles. The molecule has 1 fully saturated rings. The summed E-state index contributed by atoms with van der Waals surface area (Å²) in [7, 11) is 1.38. The lowest BCUT2D eigenvalue weighted by molar-refractivity contribution is -0.144. The Morgan fingerprint density at radius 2 is 2.43 bits per heavy atom. The van der Waals surface area contributed by atoms with E-state index >= 15 is 0 Å². The summed E-state index contributed by atoms with van der Waals surface area (Å²) in [6, 6.07) is 1.96. The first-order valence-corrected chi connectivity index (χ1v) is 6.78. The van der Waals surface area contributed by atoms with Crippen molar-refractivity contribution >= 4 is 17.6 Å². The zero-order valence-electron chi connectivity index (χ0n) is 12.0. The van der Waals surface area contributed by atoms with Gasteiger partial charge in [-0.25, -0.2) is 4.98 Å². The Balaban J connectivity index is 1.84. The first-order valence-electron chi connectivity index (χ1n) is 6.78. The summed E-state index contributed by atoms with van der Waals surface area (Å²) in [4.78, 5) is 22.0. The second-order valence-electron chi connectivity index (χ2n) is 4.95. The molecular formula is C13H17N5O3. The highest BCUT2D eigenvalue weighted by Gasteiger charge is 2.25. The summed E-state index contributed by atoms with van der Waals surface area (Å²) in [6.45, 7) is 3.81. The Bertz CT molecular complexity index is 656. The number of aryl methyl sites for hydroxylation is 1. The zero-order valence-corrected chi connectivity index (χ0v) is 12.0. The number of carbonyl (C=O) groups excluding carboxylic acids is 1. The maximum Gasteiger partial charge on any atom is 0.308 e. The second kappa shape index (κ2) is 5.65. The number of esters is 1. The number of rotatable bonds is 3. The van der Waals surface area contributed by atoms with Crippen LogP contribution in [0.3, 0.4) is 0 Å². The standard InChI is InChI=1S/C13H17N5O3/c1-9-5-11(18-13(16-9)14-8-15-18)17-3-4-21-10(7-17)6-12(19)20-2/h5,8,10H,3-4,6-7H2,1-2H3. The number of hydrogen-bond donors (Lipinski definition) is 0. The lowest BCUT2D eigenvalue weighted by atomic mass is 10.2. The van der Waals surface area contributed by atoms with E-state index in [1.54, 1.807) is 4.52 Å². The molecule has 112 valence electrons. The minimum atomic E-state index is -0.265. The van der Waals surface area contributed by atoms with Crippen molar-refractivity contribution in [3.05, 3.63) is 18.1 Å². The summed E-state index contributed by atoms with van der Waals surface area (Å²) < 4.78 is 12.0. The van der Waals surface area contributed by atoms with E-state index in [0.717, 1.165) is 18.1 Å². The van der Waals surface area contributed by atoms with Gasteiger partial charge in [0.2, 0.25) is 0 Å². The van der Waals surface area contributed by atoms with Gasteiger partial charge in [0.05, 0.1) is 26.2 Å². The van der Waals surface area contributed by atoms with Crippen LogP contribution in [0.4, 0.5) is 5.82 Å². The van der Waals surface area contributed by atoms with Gasteiger partial charge in [-0.3, -0.25) is 4.79 Å². The maximum absolute atomic E-state index is 11.4. The van der Waals surface area contributed by atoms with Crippen LogP contribution in [-0.2, 0) is 14.3 Å². The van der Waals surface area contributed by atoms with Crippen molar-refractivity contribution in [3.63, 3.8) is 0 Å². The molecule has 3 rings (SSSR count). The molecular weight excluding hydrogens is 274 g/mol. The van der Waals surface area contributed by atoms with Gasteiger partial charge < -0.3 is 14.4 Å². The van der Waals surface area contributed by atoms with Gasteiger partial charge in [-0.2, -0.15) is 14.6 Å². The van der Waals surface area contributed by atoms with Crippen molar-refractivity contribution in [1.29, 1.82) is 0 Å². The number of carbonyl (C=O) groups is 1. The van der Waals surface area contributed by atoms with Crippen molar-refractivity contribution in [2.24, 2.45) is 0 Å². The molecule has 0 spiro atoms. The van der Waals surface area contributed by atoms with Gasteiger partial charge in [0, 0.05) is 24.8 Å². The normalized spacial score (nSPS) is 19.0. The quantitative estimate of drug-likeness (QED) is 0.747. The average Bonchev–Trinajstić information content (AvgIpc) is 2.94. The number of fused-ring (bicyclic) bond motifs is 1. The summed E-state index contributed by atoms with van der Waals surface area (Å²) in [5.41, 5.74) is 0.876. The van der Waals surface area contributed by atoms with Crippen LogP contribution in [0.15, 0.2) is 12.4 Å². The van der Waals surface area contributed by atoms with E-state index in [-0.39, 0.29) is 18.5 Å². The molecule has 0 aromatic carbocycles. The van der Waals surface area contributed by atoms with Crippen LogP contribution in [0.2, 0.25) is 0 Å². The van der Waals surface area contributed by atoms with Crippen LogP contribution in [0.5, 0.6) is 0 Å². The number of morpholine rings is 1. The molecule has 0 aliphatic carbocycles. The third kappa shape index (κ3) is 2.80. The van der Waals surface area contributed by atoms with Crippen LogP contribution in [0, 0.1) is 6.92 Å². The summed E-state index contributed by atoms with van der Waals surface area (Å²) in [6.07, 6.45) is 1.55. The van der Waals surface area contributed by atoms with Gasteiger partial charge in [-0.05, 0) is 6.92 Å². The third-order valence-corrected chi connectivity index (χ3v) is 3.45. The lowest BCUT2D eigenvalue weighted by Gasteiger charge is -2.33. The van der Waals surface area contributed by atoms with Crippen molar-refractivity contribution in [3.8, 4) is 0 Å². The van der Waals surface area contributed by atoms with Gasteiger partial charge in [-0.1, -0.05) is 0 Å². The van der Waals surface area contributed by atoms with Gasteiger partial charge >= 0.3 is 5.97 Å². The highest BCUT2D eigenvalue weighted by Crippen LogP contribution is 2.20. The minimum Gasteiger partial charge on any atom is -0.469 e. The number of nitrogens with zero attached hydrogens (tertiary/aromatic N) is 5. The number of aromatic nitrogens is 4. The highest BCUT2D eigenvalue weighted by molar-refractivity contribution is 5.70. The fraction of sp³-hybridized carbons (Fsp3) is 0.538. The van der Waals surface area contributed by atoms with Crippen molar-refractivity contribution < 1.29 is 14.3 Å². The van der Waals surface area contributed by atoms with E-state index in [4.69, 9.17) is 9.47 Å². The van der Waals surface area contributed by atoms with E-state index < -0.39 is 0 Å². The van der Waals surface area contributed by atoms with E-state index in [9.17, 15) is 4.79 Å². The smallest absolute Gasteiger partial charge is 0.308 e. The van der Waals surface area contributed by atoms with Gasteiger partial charge in [-0.15, -0.1) is 0 Å². The predicted molar refractivity (Wildman–Crippen MR) is 74.1 cm³/mol. The van der Waals surface area contributed by atoms with E-state index in [2.05, 4.69) is 20.0 Å². The zero-order chi connectivity index (χ0) is 14.8. The minimum absolute atomic E-state index is 0.182. The van der Waals surface area contributed by atoms with Crippen molar-refractivity contribution in [2.45, 2.75) is 19.4 Å². The Labute approximate surface area is 121 Å². The molecule has 21 heavy (non-hydrogen) atoms. The molecule has 0 saturated carbocycles. The fourth-order valence-electron chi connectivity index (χ4n) is 2.46. The molecule has 1 unspecified atom stereocenters. The van der Waals surface area contributed by atoms with Crippen LogP contribution in [0.25, 0.3) is 5.78 Å². The topological polar surface area (TPSA) is 81.9 Å². The Hall–Kier alpha value is -2.22. The second-order valence-corrected chi connectivity index (χ2v) is 4.95. The van der Waals surface area contributed by atoms with Crippen LogP contribution in [-0.4, -0.2) is 58.5 Å². The van der Waals surface area contributed by atoms with Crippen molar-refractivity contribution in [1.82, 2.24) is 19.6 Å². The summed E-state index contributed by atoms with van der Waals surface area (Å²) >= 11 is 0. The van der Waals surface area contributed by atoms with Gasteiger partial charge in [0.1, 0.15) is 12.1 Å². The van der Waals surface area contributed by atoms with Crippen LogP contribution >= 0.6 is 0 Å². The molecule has 8 nitrogen and oxygen atoms in total. The van der Waals surface area contributed by atoms with Gasteiger partial charge in [0.15, 0.2) is 0 Å². The third-order valence-electron chi connectivity index (χ3n) is 3.45. The van der Waals surface area contributed by atoms with Crippen molar-refractivity contribution in [2.75, 3.05) is 31.7 Å². The van der Waals surface area contributed by atoms with E-state index in [1.807, 2.05) is 13.0 Å². The van der Waals surface area contributed by atoms with E-state index in [1.165, 1.54) is 13.4 Å². The lowest BCUT2D eigenvalue weighted by Crippen LogP contribution is -2.44. The number of anilines is 1. The molecule has 8 heteroatoms. The number of hydrogen-bond acceptors (Lipinski definition) is 7. The molecule has 2 aromatic heterocycles. The first-order chi connectivity index (χ1) is 10.2. The molecule has 0 bridgehead atoms. The molecule has 1 aliphatic rings. The number of ether oxygens (including phenoxy) is 2. The highest BCUT2D eigenvalue weighted by atomic mass is 16.5. The summed E-state index contributed by atoms with van der Waals surface area (Å²) in [5, 5.41) is 4.21. The molecule has 0 radical (unpaired) electrons. The van der Waals surface area contributed by atoms with Crippen LogP contribution in [0.1, 0.15) is 12.1 Å². The Morgan fingerprint density at radius 3 is 3.24 bits per heavy atom. The van der Waals surface area contributed by atoms with Gasteiger partial charge in [0.25, 0.3) is 5.78 Å². The Kier molecular flexibility index (Phi) is 3.70. The first kappa shape index (κ1) is 13.7. The molecule has 1 atom stereocenters. The molecule has 3 heterocycles. The maximum atomic E-state index is 11.4. The summed E-state index contributed by atoms with van der Waals surface area (Å²) in [5.74, 6) is 1.22. The molecule has 1 saturated heterocycles. The number of methoxy groups -OCH3 is 1. The largest absolute Gasteiger partial charge is 0.469 e. The van der Waals surface area contributed by atoms with E-state index in [0.29, 0.717) is 18.9 Å². The predicted octanol–water partition coefficient (Wildman–Crippen LogP) is 0.201. The Morgan fingerprint density at radius 1 is 1.57 bits per heavy atom. The average molecular weight is 291 g/mol. The monoisotopic (exact) mass is 291 g/mol. The molecule has 2 aromatic rings. The fourth-order valence-corrected chi connectivity index (χ4v) is 2.46. The van der Waals surface area contributed by atoms with Crippen LogP contribution < -0.4 is 4.90 Å². The SMILES string of the molecule is COC(=O)CC1CN(c2cc(C)nc3ncnn23)CCO1. The molecule has 0 amide bonds. The molecule has 0 N–H and O–H groups in total.